The van der Waals surface area contributed by atoms with Crippen LogP contribution in [0.2, 0.25) is 0 Å². The summed E-state index contributed by atoms with van der Waals surface area (Å²) in [7, 11) is 0. The maximum Gasteiger partial charge on any atom is 0.233 e. The minimum atomic E-state index is 0.0706. The fourth-order valence-electron chi connectivity index (χ4n) is 1.51. The highest BCUT2D eigenvalue weighted by Crippen LogP contribution is 2.18. The smallest absolute Gasteiger partial charge is 0.233 e. The number of fused-ring (bicyclic) bond motifs is 1. The Morgan fingerprint density at radius 3 is 2.77 bits per heavy atom. The molecule has 1 aromatic carbocycles. The fraction of sp³-hybridized carbons (Fsp3) is 0.300. The average Bonchev–Trinajstić information content (AvgIpc) is 2.28. The topological polar surface area (TPSA) is 29.1 Å². The van der Waals surface area contributed by atoms with Gasteiger partial charge in [0.25, 0.3) is 0 Å². The first-order valence-corrected chi connectivity index (χ1v) is 5.50. The van der Waals surface area contributed by atoms with Crippen LogP contribution in [0.1, 0.15) is 11.1 Å². The first-order valence-electron chi connectivity index (χ1n) is 4.26. The molecule has 0 spiro atoms. The van der Waals surface area contributed by atoms with Gasteiger partial charge in [0.1, 0.15) is 0 Å². The minimum absolute atomic E-state index is 0.0706. The third-order valence-electron chi connectivity index (χ3n) is 2.26. The molecule has 1 atom stereocenters. The second-order valence-electron chi connectivity index (χ2n) is 3.16. The van der Waals surface area contributed by atoms with Crippen LogP contribution in [0, 0.1) is 0 Å². The number of carbonyl (C=O) groups excluding carboxylic acids is 1. The summed E-state index contributed by atoms with van der Waals surface area (Å²) in [5, 5.41) is 2.90. The molecule has 0 aromatic heterocycles. The molecule has 1 N–H and O–H groups in total. The number of carbonyl (C=O) groups is 1. The van der Waals surface area contributed by atoms with Gasteiger partial charge in [-0.15, -0.1) is 0 Å². The zero-order valence-electron chi connectivity index (χ0n) is 7.09. The zero-order chi connectivity index (χ0) is 9.26. The van der Waals surface area contributed by atoms with Crippen molar-refractivity contribution in [1.82, 2.24) is 5.32 Å². The van der Waals surface area contributed by atoms with Crippen LogP contribution in [0.15, 0.2) is 24.3 Å². The molecule has 1 heterocycles. The van der Waals surface area contributed by atoms with Crippen LogP contribution in [0.4, 0.5) is 0 Å². The van der Waals surface area contributed by atoms with E-state index in [2.05, 4.69) is 40.0 Å². The quantitative estimate of drug-likeness (QED) is 0.570. The van der Waals surface area contributed by atoms with Gasteiger partial charge in [-0.05, 0) is 17.5 Å². The van der Waals surface area contributed by atoms with Crippen molar-refractivity contribution in [3.8, 4) is 0 Å². The van der Waals surface area contributed by atoms with E-state index in [0.717, 1.165) is 6.42 Å². The Bertz CT molecular complexity index is 337. The van der Waals surface area contributed by atoms with Crippen molar-refractivity contribution >= 4 is 28.5 Å². The van der Waals surface area contributed by atoms with E-state index < -0.39 is 0 Å². The highest BCUT2D eigenvalue weighted by molar-refractivity contribution is 14.1. The molecule has 0 bridgehead atoms. The lowest BCUT2D eigenvalue weighted by atomic mass is 10.0. The van der Waals surface area contributed by atoms with Gasteiger partial charge in [0.05, 0.1) is 3.92 Å². The Balaban J connectivity index is 2.35. The molecule has 1 aromatic rings. The molecule has 2 rings (SSSR count). The number of nitrogens with one attached hydrogen (secondary N) is 1. The standard InChI is InChI=1S/C10H10INO/c11-9-5-7-3-1-2-4-8(7)6-12-10(9)13/h1-4,9H,5-6H2,(H,12,13)/t9-/m0/s1. The summed E-state index contributed by atoms with van der Waals surface area (Å²) in [6, 6.07) is 8.21. The van der Waals surface area contributed by atoms with Crippen LogP contribution < -0.4 is 5.32 Å². The maximum atomic E-state index is 11.4. The summed E-state index contributed by atoms with van der Waals surface area (Å²) >= 11 is 2.19. The molecule has 0 aliphatic carbocycles. The van der Waals surface area contributed by atoms with Crippen molar-refractivity contribution in [1.29, 1.82) is 0 Å². The molecule has 1 aliphatic rings. The van der Waals surface area contributed by atoms with E-state index in [1.165, 1.54) is 11.1 Å². The summed E-state index contributed by atoms with van der Waals surface area (Å²) in [6.07, 6.45) is 0.850. The van der Waals surface area contributed by atoms with Gasteiger partial charge in [-0.1, -0.05) is 46.9 Å². The predicted octanol–water partition coefficient (Wildman–Crippen LogP) is 1.66. The van der Waals surface area contributed by atoms with Crippen LogP contribution in [0.5, 0.6) is 0 Å². The van der Waals surface area contributed by atoms with Gasteiger partial charge < -0.3 is 5.32 Å². The number of hydrogen-bond donors (Lipinski definition) is 1. The largest absolute Gasteiger partial charge is 0.351 e. The molecule has 0 saturated heterocycles. The van der Waals surface area contributed by atoms with E-state index in [1.54, 1.807) is 0 Å². The number of halogens is 1. The second-order valence-corrected chi connectivity index (χ2v) is 4.66. The van der Waals surface area contributed by atoms with Crippen molar-refractivity contribution in [2.75, 3.05) is 0 Å². The van der Waals surface area contributed by atoms with Gasteiger partial charge in [0.2, 0.25) is 5.91 Å². The predicted molar refractivity (Wildman–Crippen MR) is 59.8 cm³/mol. The number of hydrogen-bond acceptors (Lipinski definition) is 1. The lowest BCUT2D eigenvalue weighted by Gasteiger charge is -2.03. The molecule has 0 unspecified atom stereocenters. The van der Waals surface area contributed by atoms with E-state index in [1.807, 2.05) is 12.1 Å². The monoisotopic (exact) mass is 287 g/mol. The third kappa shape index (κ3) is 1.85. The fourth-order valence-corrected chi connectivity index (χ4v) is 2.20. The molecule has 13 heavy (non-hydrogen) atoms. The SMILES string of the molecule is O=C1NCc2ccccc2C[C@@H]1I. The normalized spacial score (nSPS) is 21.6. The summed E-state index contributed by atoms with van der Waals surface area (Å²) in [5.41, 5.74) is 2.54. The van der Waals surface area contributed by atoms with Crippen LogP contribution in [0.25, 0.3) is 0 Å². The maximum absolute atomic E-state index is 11.4. The summed E-state index contributed by atoms with van der Waals surface area (Å²) < 4.78 is 0.0706. The van der Waals surface area contributed by atoms with Gasteiger partial charge in [0, 0.05) is 6.54 Å². The molecule has 1 aliphatic heterocycles. The zero-order valence-corrected chi connectivity index (χ0v) is 9.24. The second kappa shape index (κ2) is 3.65. The summed E-state index contributed by atoms with van der Waals surface area (Å²) in [6.45, 7) is 0.675. The van der Waals surface area contributed by atoms with Crippen molar-refractivity contribution in [3.05, 3.63) is 35.4 Å². The van der Waals surface area contributed by atoms with E-state index in [4.69, 9.17) is 0 Å². The Kier molecular flexibility index (Phi) is 2.53. The minimum Gasteiger partial charge on any atom is -0.351 e. The van der Waals surface area contributed by atoms with Gasteiger partial charge in [-0.3, -0.25) is 4.79 Å². The molecular weight excluding hydrogens is 277 g/mol. The highest BCUT2D eigenvalue weighted by atomic mass is 127. The average molecular weight is 287 g/mol. The Hall–Kier alpha value is -0.580. The molecule has 0 fully saturated rings. The first kappa shape index (κ1) is 8.99. The molecule has 0 radical (unpaired) electrons. The number of alkyl halides is 1. The Labute approximate surface area is 90.9 Å². The number of benzene rings is 1. The summed E-state index contributed by atoms with van der Waals surface area (Å²) in [4.78, 5) is 11.4. The molecule has 2 nitrogen and oxygen atoms in total. The van der Waals surface area contributed by atoms with Gasteiger partial charge in [-0.2, -0.15) is 0 Å². The van der Waals surface area contributed by atoms with E-state index >= 15 is 0 Å². The van der Waals surface area contributed by atoms with Crippen molar-refractivity contribution in [3.63, 3.8) is 0 Å². The van der Waals surface area contributed by atoms with Crippen molar-refractivity contribution < 1.29 is 4.79 Å². The highest BCUT2D eigenvalue weighted by Gasteiger charge is 2.20. The number of rotatable bonds is 0. The summed E-state index contributed by atoms with van der Waals surface area (Å²) in [5.74, 6) is 0.150. The lowest BCUT2D eigenvalue weighted by molar-refractivity contribution is -0.120. The van der Waals surface area contributed by atoms with Crippen LogP contribution >= 0.6 is 22.6 Å². The van der Waals surface area contributed by atoms with Crippen LogP contribution in [-0.2, 0) is 17.8 Å². The van der Waals surface area contributed by atoms with Gasteiger partial charge >= 0.3 is 0 Å². The van der Waals surface area contributed by atoms with E-state index in [0.29, 0.717) is 6.54 Å². The van der Waals surface area contributed by atoms with Crippen molar-refractivity contribution in [2.45, 2.75) is 16.9 Å². The third-order valence-corrected chi connectivity index (χ3v) is 3.26. The van der Waals surface area contributed by atoms with Crippen LogP contribution in [-0.4, -0.2) is 9.83 Å². The Morgan fingerprint density at radius 2 is 2.00 bits per heavy atom. The molecule has 1 amide bonds. The van der Waals surface area contributed by atoms with Crippen LogP contribution in [0.3, 0.4) is 0 Å². The number of amides is 1. The molecule has 0 saturated carbocycles. The van der Waals surface area contributed by atoms with E-state index in [9.17, 15) is 4.79 Å². The van der Waals surface area contributed by atoms with Gasteiger partial charge in [0.15, 0.2) is 0 Å². The lowest BCUT2D eigenvalue weighted by Crippen LogP contribution is -2.28. The molecular formula is C10H10INO. The molecule has 68 valence electrons. The van der Waals surface area contributed by atoms with E-state index in [-0.39, 0.29) is 9.83 Å². The Morgan fingerprint density at radius 1 is 1.31 bits per heavy atom. The van der Waals surface area contributed by atoms with Gasteiger partial charge in [-0.25, -0.2) is 0 Å². The first-order chi connectivity index (χ1) is 6.27. The molecule has 3 heteroatoms. The van der Waals surface area contributed by atoms with Crippen molar-refractivity contribution in [2.24, 2.45) is 0 Å².